The van der Waals surface area contributed by atoms with Gasteiger partial charge in [-0.25, -0.2) is 17.6 Å². The number of fused-ring (bicyclic) bond motifs is 3. The van der Waals surface area contributed by atoms with Crippen molar-refractivity contribution < 1.29 is 27.1 Å². The van der Waals surface area contributed by atoms with Crippen LogP contribution in [0, 0.1) is 5.82 Å². The number of hydrogen-bond donors (Lipinski definition) is 1. The largest absolute Gasteiger partial charge is 0.488 e. The van der Waals surface area contributed by atoms with Crippen LogP contribution in [-0.2, 0) is 14.8 Å². The third-order valence-corrected chi connectivity index (χ3v) is 8.13. The Morgan fingerprint density at radius 3 is 2.78 bits per heavy atom. The van der Waals surface area contributed by atoms with Gasteiger partial charge in [-0.1, -0.05) is 26.0 Å². The molecule has 2 aliphatic rings. The van der Waals surface area contributed by atoms with Gasteiger partial charge in [0.05, 0.1) is 29.4 Å². The summed E-state index contributed by atoms with van der Waals surface area (Å²) in [6.07, 6.45) is 5.42. The predicted octanol–water partition coefficient (Wildman–Crippen LogP) is 4.13. The minimum Gasteiger partial charge on any atom is -0.488 e. The monoisotopic (exact) mass is 517 g/mol. The number of ether oxygens (including phenoxy) is 2. The third-order valence-electron chi connectivity index (χ3n) is 6.69. The van der Waals surface area contributed by atoms with E-state index in [-0.39, 0.29) is 27.8 Å². The van der Waals surface area contributed by atoms with Crippen molar-refractivity contribution in [3.8, 4) is 5.75 Å². The topological polar surface area (TPSA) is 88.2 Å². The van der Waals surface area contributed by atoms with Gasteiger partial charge < -0.3 is 19.3 Å². The van der Waals surface area contributed by atoms with E-state index in [0.29, 0.717) is 18.9 Å². The second-order valence-electron chi connectivity index (χ2n) is 8.80. The molecular formula is C26H32FN3O5S. The average Bonchev–Trinajstić information content (AvgIpc) is 3.35. The molecule has 2 heterocycles. The normalized spacial score (nSPS) is 17.1. The van der Waals surface area contributed by atoms with Crippen LogP contribution in [0.1, 0.15) is 42.6 Å². The van der Waals surface area contributed by atoms with Gasteiger partial charge in [0.1, 0.15) is 18.0 Å². The Morgan fingerprint density at radius 1 is 1.28 bits per heavy atom. The van der Waals surface area contributed by atoms with E-state index in [4.69, 9.17) is 9.47 Å². The van der Waals surface area contributed by atoms with E-state index in [1.54, 1.807) is 24.3 Å². The maximum Gasteiger partial charge on any atom is 0.343 e. The predicted molar refractivity (Wildman–Crippen MR) is 138 cm³/mol. The van der Waals surface area contributed by atoms with E-state index in [1.807, 2.05) is 13.8 Å². The van der Waals surface area contributed by atoms with E-state index in [0.717, 1.165) is 44.2 Å². The molecule has 8 nitrogen and oxygen atoms in total. The zero-order valence-corrected chi connectivity index (χ0v) is 21.6. The second kappa shape index (κ2) is 10.9. The van der Waals surface area contributed by atoms with Crippen LogP contribution in [0.25, 0.3) is 6.08 Å². The van der Waals surface area contributed by atoms with Gasteiger partial charge >= 0.3 is 5.97 Å². The standard InChI is InChI=1S/C26H32FN3O5S/c1-4-29(5-2)14-6-8-18-16-19(27)10-13-23(18)36(32,33)28-21-11-12-22-25(24(21)26(31)34-3)35-17-20-9-7-15-30(20)22/h6,8,10-13,16,20,28H,4-5,7,9,14-15,17H2,1-3H3. The number of sulfonamides is 1. The number of esters is 1. The van der Waals surface area contributed by atoms with Crippen LogP contribution in [0.15, 0.2) is 41.3 Å². The summed E-state index contributed by atoms with van der Waals surface area (Å²) >= 11 is 0. The lowest BCUT2D eigenvalue weighted by molar-refractivity contribution is 0.0596. The van der Waals surface area contributed by atoms with Gasteiger partial charge in [-0.05, 0) is 61.8 Å². The lowest BCUT2D eigenvalue weighted by atomic mass is 10.1. The number of carbonyl (C=O) groups excluding carboxylic acids is 1. The Bertz CT molecular complexity index is 1260. The van der Waals surface area contributed by atoms with E-state index in [1.165, 1.54) is 19.2 Å². The average molecular weight is 518 g/mol. The molecular weight excluding hydrogens is 485 g/mol. The first-order chi connectivity index (χ1) is 17.3. The maximum atomic E-state index is 14.0. The smallest absolute Gasteiger partial charge is 0.343 e. The fraction of sp³-hybridized carbons (Fsp3) is 0.423. The summed E-state index contributed by atoms with van der Waals surface area (Å²) in [5.74, 6) is -0.951. The highest BCUT2D eigenvalue weighted by atomic mass is 32.2. The molecule has 0 bridgehead atoms. The first-order valence-electron chi connectivity index (χ1n) is 12.1. The molecule has 10 heteroatoms. The van der Waals surface area contributed by atoms with Crippen molar-refractivity contribution in [2.24, 2.45) is 0 Å². The number of likely N-dealkylation sites (N-methyl/N-ethyl adjacent to an activating group) is 1. The molecule has 1 unspecified atom stereocenters. The summed E-state index contributed by atoms with van der Waals surface area (Å²) in [7, 11) is -2.95. The molecule has 0 radical (unpaired) electrons. The summed E-state index contributed by atoms with van der Waals surface area (Å²) in [4.78, 5) is 17.0. The first kappa shape index (κ1) is 26.0. The second-order valence-corrected chi connectivity index (χ2v) is 10.5. The van der Waals surface area contributed by atoms with Gasteiger partial charge in [-0.15, -0.1) is 0 Å². The molecule has 1 atom stereocenters. The van der Waals surface area contributed by atoms with E-state index in [2.05, 4.69) is 14.5 Å². The number of nitrogens with zero attached hydrogens (tertiary/aromatic N) is 2. The van der Waals surface area contributed by atoms with Gasteiger partial charge in [0.2, 0.25) is 0 Å². The van der Waals surface area contributed by atoms with Crippen LogP contribution < -0.4 is 14.4 Å². The minimum absolute atomic E-state index is 0.0182. The number of halogens is 1. The van der Waals surface area contributed by atoms with Gasteiger partial charge in [-0.3, -0.25) is 4.72 Å². The molecule has 2 aromatic carbocycles. The van der Waals surface area contributed by atoms with Gasteiger partial charge in [0.15, 0.2) is 5.75 Å². The number of methoxy groups -OCH3 is 1. The van der Waals surface area contributed by atoms with Gasteiger partial charge in [0.25, 0.3) is 10.0 Å². The lowest BCUT2D eigenvalue weighted by Gasteiger charge is -2.34. The molecule has 0 amide bonds. The molecule has 194 valence electrons. The van der Waals surface area contributed by atoms with Crippen molar-refractivity contribution in [3.05, 3.63) is 53.4 Å². The summed E-state index contributed by atoms with van der Waals surface area (Å²) in [5.41, 5.74) is 1.02. The van der Waals surface area contributed by atoms with Gasteiger partial charge in [0, 0.05) is 13.1 Å². The fourth-order valence-corrected chi connectivity index (χ4v) is 6.00. The number of hydrogen-bond acceptors (Lipinski definition) is 7. The number of benzene rings is 2. The fourth-order valence-electron chi connectivity index (χ4n) is 4.74. The molecule has 1 fully saturated rings. The number of nitrogens with one attached hydrogen (secondary N) is 1. The maximum absolute atomic E-state index is 14.0. The van der Waals surface area contributed by atoms with Crippen LogP contribution in [-0.4, -0.2) is 65.2 Å². The summed E-state index contributed by atoms with van der Waals surface area (Å²) in [5, 5.41) is 0. The Kier molecular flexibility index (Phi) is 7.85. The van der Waals surface area contributed by atoms with E-state index >= 15 is 0 Å². The molecule has 0 spiro atoms. The van der Waals surface area contributed by atoms with Crippen molar-refractivity contribution in [2.75, 3.05) is 49.5 Å². The van der Waals surface area contributed by atoms with Crippen LogP contribution in [0.2, 0.25) is 0 Å². The number of rotatable bonds is 9. The minimum atomic E-state index is -4.19. The highest BCUT2D eigenvalue weighted by molar-refractivity contribution is 7.92. The van der Waals surface area contributed by atoms with Crippen LogP contribution in [0.4, 0.5) is 15.8 Å². The molecule has 0 aromatic heterocycles. The molecule has 1 saturated heterocycles. The van der Waals surface area contributed by atoms with Gasteiger partial charge in [-0.2, -0.15) is 0 Å². The summed E-state index contributed by atoms with van der Waals surface area (Å²) in [6, 6.07) is 7.03. The number of carbonyl (C=O) groups is 1. The molecule has 1 N–H and O–H groups in total. The molecule has 2 aromatic rings. The van der Waals surface area contributed by atoms with Crippen LogP contribution in [0.3, 0.4) is 0 Å². The van der Waals surface area contributed by atoms with Crippen molar-refractivity contribution in [1.29, 1.82) is 0 Å². The highest BCUT2D eigenvalue weighted by Gasteiger charge is 2.36. The summed E-state index contributed by atoms with van der Waals surface area (Å²) in [6.45, 7) is 7.59. The van der Waals surface area contributed by atoms with Crippen LogP contribution >= 0.6 is 0 Å². The first-order valence-corrected chi connectivity index (χ1v) is 13.6. The molecule has 4 rings (SSSR count). The SMILES string of the molecule is CCN(CC)CC=Cc1cc(F)ccc1S(=O)(=O)Nc1ccc2c(c1C(=O)OC)OCC1CCCN21. The zero-order valence-electron chi connectivity index (χ0n) is 20.8. The third kappa shape index (κ3) is 5.19. The zero-order chi connectivity index (χ0) is 25.9. The van der Waals surface area contributed by atoms with Crippen molar-refractivity contribution in [2.45, 2.75) is 37.6 Å². The Hall–Kier alpha value is -3.11. The van der Waals surface area contributed by atoms with Crippen molar-refractivity contribution in [3.63, 3.8) is 0 Å². The van der Waals surface area contributed by atoms with E-state index < -0.39 is 21.8 Å². The number of anilines is 2. The Labute approximate surface area is 211 Å². The van der Waals surface area contributed by atoms with Crippen molar-refractivity contribution in [1.82, 2.24) is 4.90 Å². The van der Waals surface area contributed by atoms with E-state index in [9.17, 15) is 17.6 Å². The Morgan fingerprint density at radius 2 is 2.06 bits per heavy atom. The molecule has 36 heavy (non-hydrogen) atoms. The molecule has 0 aliphatic carbocycles. The van der Waals surface area contributed by atoms with Crippen molar-refractivity contribution >= 4 is 33.4 Å². The summed E-state index contributed by atoms with van der Waals surface area (Å²) < 4.78 is 54.4. The molecule has 2 aliphatic heterocycles. The molecule has 0 saturated carbocycles. The van der Waals surface area contributed by atoms with Crippen LogP contribution in [0.5, 0.6) is 5.75 Å². The quantitative estimate of drug-likeness (QED) is 0.501. The highest BCUT2D eigenvalue weighted by Crippen LogP contribution is 2.44. The Balaban J connectivity index is 1.70. The lowest BCUT2D eigenvalue weighted by Crippen LogP contribution is -2.38.